The number of carbonyl (C=O) groups is 1. The molecule has 2 rings (SSSR count). The fourth-order valence-corrected chi connectivity index (χ4v) is 4.88. The van der Waals surface area contributed by atoms with Crippen molar-refractivity contribution in [2.45, 2.75) is 69.6 Å². The number of sulfone groups is 1. The summed E-state index contributed by atoms with van der Waals surface area (Å²) in [4.78, 5) is 12.0. The van der Waals surface area contributed by atoms with Crippen LogP contribution in [0.5, 0.6) is 5.75 Å². The molecule has 0 saturated heterocycles. The summed E-state index contributed by atoms with van der Waals surface area (Å²) in [6, 6.07) is 2.28. The zero-order valence-corrected chi connectivity index (χ0v) is 17.4. The third kappa shape index (κ3) is 3.93. The summed E-state index contributed by atoms with van der Waals surface area (Å²) in [5.41, 5.74) is 0.00523. The van der Waals surface area contributed by atoms with Crippen LogP contribution in [0.4, 0.5) is 10.5 Å². The van der Waals surface area contributed by atoms with Crippen molar-refractivity contribution in [1.29, 1.82) is 0 Å². The Morgan fingerprint density at radius 2 is 1.92 bits per heavy atom. The molecule has 0 bridgehead atoms. The van der Waals surface area contributed by atoms with Crippen LogP contribution in [0.2, 0.25) is 5.02 Å². The minimum atomic E-state index is -3.89. The summed E-state index contributed by atoms with van der Waals surface area (Å²) in [7, 11) is -3.89. The maximum absolute atomic E-state index is 12.7. The molecule has 1 aromatic rings. The molecule has 0 aliphatic heterocycles. The van der Waals surface area contributed by atoms with Crippen LogP contribution in [0, 0.1) is 5.41 Å². The molecule has 3 N–H and O–H groups in total. The van der Waals surface area contributed by atoms with Crippen molar-refractivity contribution in [3.8, 4) is 5.75 Å². The predicted molar refractivity (Wildman–Crippen MR) is 104 cm³/mol. The highest BCUT2D eigenvalue weighted by atomic mass is 35.5. The van der Waals surface area contributed by atoms with Gasteiger partial charge in [0.15, 0.2) is 15.6 Å². The van der Waals surface area contributed by atoms with Crippen LogP contribution in [0.15, 0.2) is 17.0 Å². The molecule has 0 aromatic heterocycles. The van der Waals surface area contributed by atoms with Gasteiger partial charge in [-0.1, -0.05) is 31.9 Å². The number of anilines is 1. The topological polar surface area (TPSA) is 95.5 Å². The fourth-order valence-electron chi connectivity index (χ4n) is 3.12. The Morgan fingerprint density at radius 1 is 1.31 bits per heavy atom. The minimum absolute atomic E-state index is 0.000114. The number of nitrogens with one attached hydrogen (secondary N) is 2. The smallest absolute Gasteiger partial charge is 0.319 e. The molecule has 1 fully saturated rings. The van der Waals surface area contributed by atoms with Gasteiger partial charge < -0.3 is 15.7 Å². The molecule has 6 nitrogen and oxygen atoms in total. The molecule has 0 heterocycles. The van der Waals surface area contributed by atoms with Gasteiger partial charge in [0.25, 0.3) is 0 Å². The highest BCUT2D eigenvalue weighted by Crippen LogP contribution is 2.41. The highest BCUT2D eigenvalue weighted by Gasteiger charge is 2.37. The first-order chi connectivity index (χ1) is 11.8. The van der Waals surface area contributed by atoms with Crippen LogP contribution in [0.25, 0.3) is 0 Å². The first-order valence-electron chi connectivity index (χ1n) is 8.61. The summed E-state index contributed by atoms with van der Waals surface area (Å²) >= 11 is 6.04. The number of halogens is 1. The molecule has 8 heteroatoms. The lowest BCUT2D eigenvalue weighted by molar-refractivity contribution is 0.233. The Hall–Kier alpha value is -1.47. The van der Waals surface area contributed by atoms with E-state index in [1.165, 1.54) is 32.9 Å². The number of carbonyl (C=O) groups excluding carboxylic acids is 1. The van der Waals surface area contributed by atoms with E-state index in [9.17, 15) is 18.3 Å². The van der Waals surface area contributed by atoms with E-state index in [0.717, 1.165) is 19.3 Å². The Kier molecular flexibility index (Phi) is 5.55. The quantitative estimate of drug-likeness (QED) is 0.656. The van der Waals surface area contributed by atoms with Crippen LogP contribution in [0.1, 0.15) is 53.9 Å². The van der Waals surface area contributed by atoms with Crippen LogP contribution >= 0.6 is 11.6 Å². The molecule has 1 aliphatic rings. The molecule has 0 radical (unpaired) electrons. The van der Waals surface area contributed by atoms with Gasteiger partial charge in [0.2, 0.25) is 0 Å². The number of hydrogen-bond acceptors (Lipinski definition) is 4. The summed E-state index contributed by atoms with van der Waals surface area (Å²) in [5, 5.41) is 15.8. The number of benzene rings is 1. The number of phenolic OH excluding ortho intramolecular Hbond substituents is 1. The van der Waals surface area contributed by atoms with Crippen molar-refractivity contribution in [3.63, 3.8) is 0 Å². The molecule has 1 saturated carbocycles. The van der Waals surface area contributed by atoms with Crippen molar-refractivity contribution < 1.29 is 18.3 Å². The Balaban J connectivity index is 2.29. The Bertz CT molecular complexity index is 813. The van der Waals surface area contributed by atoms with E-state index in [-0.39, 0.29) is 27.1 Å². The van der Waals surface area contributed by atoms with Gasteiger partial charge in [0.1, 0.15) is 4.90 Å². The zero-order valence-electron chi connectivity index (χ0n) is 15.8. The summed E-state index contributed by atoms with van der Waals surface area (Å²) in [6.07, 6.45) is 2.95. The summed E-state index contributed by atoms with van der Waals surface area (Å²) in [6.45, 7) is 8.75. The maximum Gasteiger partial charge on any atom is 0.319 e. The van der Waals surface area contributed by atoms with Crippen molar-refractivity contribution in [3.05, 3.63) is 17.2 Å². The van der Waals surface area contributed by atoms with E-state index in [0.29, 0.717) is 0 Å². The highest BCUT2D eigenvalue weighted by molar-refractivity contribution is 7.93. The van der Waals surface area contributed by atoms with Crippen LogP contribution in [-0.4, -0.2) is 30.3 Å². The Labute approximate surface area is 160 Å². The SMILES string of the molecule is CC1(C)CCC[C@H]1NC(=O)Nc1ccc(Cl)c(S(=O)(=O)C(C)(C)C)c1O. The minimum Gasteiger partial charge on any atom is -0.504 e. The second kappa shape index (κ2) is 6.93. The standard InChI is InChI=1S/C18H27ClN2O4S/c1-17(2,3)26(24,25)15-11(19)8-9-12(14(15)22)20-16(23)21-13-7-6-10-18(13,4)5/h8-9,13,22H,6-7,10H2,1-5H3,(H2,20,21,23)/t13-/m1/s1. The van der Waals surface area contributed by atoms with Crippen LogP contribution in [0.3, 0.4) is 0 Å². The molecule has 1 atom stereocenters. The van der Waals surface area contributed by atoms with Gasteiger partial charge in [-0.3, -0.25) is 0 Å². The number of urea groups is 1. The lowest BCUT2D eigenvalue weighted by Crippen LogP contribution is -2.43. The van der Waals surface area contributed by atoms with E-state index in [1.807, 2.05) is 0 Å². The number of amides is 2. The summed E-state index contributed by atoms with van der Waals surface area (Å²) in [5.74, 6) is -0.548. The number of phenols is 1. The van der Waals surface area contributed by atoms with Crippen molar-refractivity contribution in [1.82, 2.24) is 5.32 Å². The predicted octanol–water partition coefficient (Wildman–Crippen LogP) is 4.32. The van der Waals surface area contributed by atoms with E-state index in [2.05, 4.69) is 24.5 Å². The molecular weight excluding hydrogens is 376 g/mol. The second-order valence-corrected chi connectivity index (χ2v) is 11.5. The van der Waals surface area contributed by atoms with Crippen molar-refractivity contribution >= 4 is 33.2 Å². The van der Waals surface area contributed by atoms with E-state index in [4.69, 9.17) is 11.6 Å². The average Bonchev–Trinajstić information content (AvgIpc) is 2.79. The van der Waals surface area contributed by atoms with Gasteiger partial charge in [-0.25, -0.2) is 13.2 Å². The third-order valence-corrected chi connectivity index (χ3v) is 7.96. The van der Waals surface area contributed by atoms with Crippen molar-refractivity contribution in [2.75, 3.05) is 5.32 Å². The van der Waals surface area contributed by atoms with E-state index in [1.54, 1.807) is 0 Å². The Morgan fingerprint density at radius 3 is 2.42 bits per heavy atom. The van der Waals surface area contributed by atoms with Gasteiger partial charge in [-0.15, -0.1) is 0 Å². The lowest BCUT2D eigenvalue weighted by atomic mass is 9.87. The first kappa shape index (κ1) is 20.8. The third-order valence-electron chi connectivity index (χ3n) is 4.97. The number of hydrogen-bond donors (Lipinski definition) is 3. The average molecular weight is 403 g/mol. The molecular formula is C18H27ClN2O4S. The molecule has 1 aromatic carbocycles. The largest absolute Gasteiger partial charge is 0.504 e. The molecule has 1 aliphatic carbocycles. The number of rotatable bonds is 3. The van der Waals surface area contributed by atoms with Crippen molar-refractivity contribution in [2.24, 2.45) is 5.41 Å². The van der Waals surface area contributed by atoms with E-state index >= 15 is 0 Å². The van der Waals surface area contributed by atoms with Gasteiger partial charge in [0, 0.05) is 6.04 Å². The first-order valence-corrected chi connectivity index (χ1v) is 10.5. The monoisotopic (exact) mass is 402 g/mol. The fraction of sp³-hybridized carbons (Fsp3) is 0.611. The summed E-state index contributed by atoms with van der Waals surface area (Å²) < 4.78 is 24.3. The van der Waals surface area contributed by atoms with Gasteiger partial charge in [-0.05, 0) is 51.2 Å². The van der Waals surface area contributed by atoms with Crippen LogP contribution in [-0.2, 0) is 9.84 Å². The normalized spacial score (nSPS) is 20.0. The molecule has 2 amide bonds. The molecule has 26 heavy (non-hydrogen) atoms. The molecule has 146 valence electrons. The van der Waals surface area contributed by atoms with Gasteiger partial charge in [0.05, 0.1) is 15.5 Å². The zero-order chi connectivity index (χ0) is 19.9. The lowest BCUT2D eigenvalue weighted by Gasteiger charge is -2.28. The number of aromatic hydroxyl groups is 1. The molecule has 0 unspecified atom stereocenters. The van der Waals surface area contributed by atoms with Gasteiger partial charge in [-0.2, -0.15) is 0 Å². The van der Waals surface area contributed by atoms with E-state index < -0.39 is 26.4 Å². The van der Waals surface area contributed by atoms with Crippen LogP contribution < -0.4 is 10.6 Å². The maximum atomic E-state index is 12.7. The second-order valence-electron chi connectivity index (χ2n) is 8.42. The molecule has 0 spiro atoms. The van der Waals surface area contributed by atoms with Gasteiger partial charge >= 0.3 is 6.03 Å².